The number of benzene rings is 1. The molecule has 2 heterocycles. The van der Waals surface area contributed by atoms with E-state index in [1.807, 2.05) is 24.3 Å². The Balaban J connectivity index is 2.05. The molecule has 0 saturated carbocycles. The van der Waals surface area contributed by atoms with E-state index in [1.165, 1.54) is 0 Å². The van der Waals surface area contributed by atoms with Gasteiger partial charge in [-0.2, -0.15) is 0 Å². The van der Waals surface area contributed by atoms with Gasteiger partial charge >= 0.3 is 5.97 Å². The lowest BCUT2D eigenvalue weighted by Crippen LogP contribution is -2.53. The summed E-state index contributed by atoms with van der Waals surface area (Å²) in [7, 11) is 0. The van der Waals surface area contributed by atoms with Gasteiger partial charge in [0.25, 0.3) is 0 Å². The summed E-state index contributed by atoms with van der Waals surface area (Å²) in [5, 5.41) is 52.0. The molecule has 1 aliphatic rings. The molecule has 8 nitrogen and oxygen atoms in total. The average molecular weight is 336 g/mol. The Morgan fingerprint density at radius 3 is 2.62 bits per heavy atom. The van der Waals surface area contributed by atoms with Crippen LogP contribution in [0.2, 0.25) is 0 Å². The molecule has 1 aromatic carbocycles. The number of H-pyrrole nitrogens is 1. The summed E-state index contributed by atoms with van der Waals surface area (Å²) in [4.78, 5) is 14.6. The highest BCUT2D eigenvalue weighted by Gasteiger charge is 2.40. The summed E-state index contributed by atoms with van der Waals surface area (Å²) in [5.74, 6) is -1.07. The molecule has 5 atom stereocenters. The number of aliphatic hydroxyl groups is 4. The van der Waals surface area contributed by atoms with Crippen LogP contribution in [0.15, 0.2) is 24.3 Å². The summed E-state index contributed by atoms with van der Waals surface area (Å²) in [5.41, 5.74) is 2.13. The Bertz CT molecular complexity index is 745. The van der Waals surface area contributed by atoms with Crippen molar-refractivity contribution in [1.82, 2.24) is 10.3 Å². The second-order valence-corrected chi connectivity index (χ2v) is 6.03. The highest BCUT2D eigenvalue weighted by atomic mass is 16.4. The second kappa shape index (κ2) is 6.50. The van der Waals surface area contributed by atoms with Crippen LogP contribution in [0.1, 0.15) is 17.3 Å². The lowest BCUT2D eigenvalue weighted by Gasteiger charge is -2.35. The maximum absolute atomic E-state index is 11.4. The summed E-state index contributed by atoms with van der Waals surface area (Å²) < 4.78 is 0. The fraction of sp³-hybridized carbons (Fsp3) is 0.438. The smallest absolute Gasteiger partial charge is 0.321 e. The van der Waals surface area contributed by atoms with E-state index in [9.17, 15) is 25.2 Å². The van der Waals surface area contributed by atoms with Crippen molar-refractivity contribution in [3.63, 3.8) is 0 Å². The molecule has 1 unspecified atom stereocenters. The van der Waals surface area contributed by atoms with Crippen molar-refractivity contribution in [1.29, 1.82) is 0 Å². The zero-order valence-electron chi connectivity index (χ0n) is 12.8. The minimum Gasteiger partial charge on any atom is -0.480 e. The van der Waals surface area contributed by atoms with Gasteiger partial charge in [0.1, 0.15) is 24.4 Å². The minimum absolute atomic E-state index is 0.233. The van der Waals surface area contributed by atoms with Gasteiger partial charge in [-0.3, -0.25) is 10.1 Å². The Morgan fingerprint density at radius 1 is 1.25 bits per heavy atom. The van der Waals surface area contributed by atoms with E-state index in [-0.39, 0.29) is 6.42 Å². The van der Waals surface area contributed by atoms with Crippen molar-refractivity contribution in [2.24, 2.45) is 0 Å². The molecule has 1 aliphatic heterocycles. The van der Waals surface area contributed by atoms with E-state index in [4.69, 9.17) is 5.11 Å². The van der Waals surface area contributed by atoms with Crippen LogP contribution in [-0.2, 0) is 11.2 Å². The van der Waals surface area contributed by atoms with Gasteiger partial charge in [0.05, 0.1) is 12.6 Å². The van der Waals surface area contributed by atoms with Crippen LogP contribution in [0.5, 0.6) is 0 Å². The van der Waals surface area contributed by atoms with Crippen LogP contribution in [0.25, 0.3) is 10.9 Å². The molecule has 0 spiro atoms. The topological polar surface area (TPSA) is 146 Å². The maximum atomic E-state index is 11.4. The Hall–Kier alpha value is -1.97. The van der Waals surface area contributed by atoms with Crippen LogP contribution >= 0.6 is 0 Å². The van der Waals surface area contributed by atoms with Crippen molar-refractivity contribution in [2.45, 2.75) is 36.8 Å². The number of rotatable bonds is 5. The van der Waals surface area contributed by atoms with E-state index >= 15 is 0 Å². The number of aromatic amines is 1. The van der Waals surface area contributed by atoms with Crippen molar-refractivity contribution < 1.29 is 30.3 Å². The zero-order chi connectivity index (χ0) is 17.4. The van der Waals surface area contributed by atoms with Crippen LogP contribution in [0, 0.1) is 0 Å². The highest BCUT2D eigenvalue weighted by molar-refractivity contribution is 5.86. The number of aliphatic hydroxyl groups excluding tert-OH is 4. The zero-order valence-corrected chi connectivity index (χ0v) is 12.8. The predicted octanol–water partition coefficient (Wildman–Crippen LogP) is -1.12. The number of carboxylic acids is 1. The van der Waals surface area contributed by atoms with Gasteiger partial charge in [-0.1, -0.05) is 18.2 Å². The molecular formula is C16H20N2O6. The maximum Gasteiger partial charge on any atom is 0.321 e. The molecule has 8 heteroatoms. The number of aromatic nitrogens is 1. The van der Waals surface area contributed by atoms with Crippen molar-refractivity contribution in [3.8, 4) is 0 Å². The fourth-order valence-electron chi connectivity index (χ4n) is 3.23. The van der Waals surface area contributed by atoms with Crippen molar-refractivity contribution in [2.75, 3.05) is 6.61 Å². The average Bonchev–Trinajstić information content (AvgIpc) is 2.97. The third kappa shape index (κ3) is 2.79. The number of carboxylic acid groups (broad SMARTS) is 1. The number of carbonyl (C=O) groups is 1. The largest absolute Gasteiger partial charge is 0.480 e. The van der Waals surface area contributed by atoms with Crippen molar-refractivity contribution >= 4 is 16.9 Å². The number of aliphatic carboxylic acids is 1. The van der Waals surface area contributed by atoms with E-state index in [0.29, 0.717) is 5.69 Å². The fourth-order valence-corrected chi connectivity index (χ4v) is 3.23. The number of hydrogen-bond acceptors (Lipinski definition) is 6. The first-order valence-corrected chi connectivity index (χ1v) is 7.67. The molecule has 2 aromatic rings. The molecule has 0 bridgehead atoms. The van der Waals surface area contributed by atoms with Crippen molar-refractivity contribution in [3.05, 3.63) is 35.5 Å². The van der Waals surface area contributed by atoms with Gasteiger partial charge in [-0.25, -0.2) is 0 Å². The molecule has 3 rings (SSSR count). The first kappa shape index (κ1) is 16.9. The predicted molar refractivity (Wildman–Crippen MR) is 84.4 cm³/mol. The molecule has 130 valence electrons. The molecule has 0 aliphatic carbocycles. The highest BCUT2D eigenvalue weighted by Crippen LogP contribution is 2.34. The number of hydrogen-bond donors (Lipinski definition) is 7. The van der Waals surface area contributed by atoms with Gasteiger partial charge in [0.15, 0.2) is 0 Å². The molecule has 0 amide bonds. The normalized spacial score (nSPS) is 24.3. The van der Waals surface area contributed by atoms with E-state index < -0.39 is 43.0 Å². The summed E-state index contributed by atoms with van der Waals surface area (Å²) in [6, 6.07) is 5.52. The number of fused-ring (bicyclic) bond motifs is 3. The first-order valence-electron chi connectivity index (χ1n) is 7.67. The van der Waals surface area contributed by atoms with Gasteiger partial charge in [-0.05, 0) is 11.6 Å². The van der Waals surface area contributed by atoms with Gasteiger partial charge in [0.2, 0.25) is 0 Å². The molecule has 7 N–H and O–H groups in total. The van der Waals surface area contributed by atoms with Gasteiger partial charge in [0, 0.05) is 23.0 Å². The summed E-state index contributed by atoms with van der Waals surface area (Å²) in [6.45, 7) is -0.715. The Morgan fingerprint density at radius 2 is 1.96 bits per heavy atom. The van der Waals surface area contributed by atoms with E-state index in [0.717, 1.165) is 16.5 Å². The van der Waals surface area contributed by atoms with Crippen LogP contribution in [0.3, 0.4) is 0 Å². The molecule has 24 heavy (non-hydrogen) atoms. The first-order chi connectivity index (χ1) is 11.4. The third-order valence-electron chi connectivity index (χ3n) is 4.52. The summed E-state index contributed by atoms with van der Waals surface area (Å²) in [6.07, 6.45) is -4.42. The number of nitrogens with one attached hydrogen (secondary N) is 2. The van der Waals surface area contributed by atoms with E-state index in [1.54, 1.807) is 0 Å². The molecule has 1 aromatic heterocycles. The monoisotopic (exact) mass is 336 g/mol. The molecule has 0 fully saturated rings. The van der Waals surface area contributed by atoms with E-state index in [2.05, 4.69) is 10.3 Å². The van der Waals surface area contributed by atoms with Gasteiger partial charge in [-0.15, -0.1) is 0 Å². The Labute approximate surface area is 137 Å². The lowest BCUT2D eigenvalue weighted by molar-refractivity contribution is -0.141. The van der Waals surface area contributed by atoms with Gasteiger partial charge < -0.3 is 30.5 Å². The lowest BCUT2D eigenvalue weighted by atomic mass is 9.88. The number of para-hydroxylation sites is 1. The Kier molecular flexibility index (Phi) is 4.57. The molecule has 0 radical (unpaired) electrons. The quantitative estimate of drug-likeness (QED) is 0.366. The van der Waals surface area contributed by atoms with Crippen LogP contribution < -0.4 is 5.32 Å². The molecule has 0 saturated heterocycles. The minimum atomic E-state index is -1.63. The SMILES string of the molecule is O=C(O)[C@@H]1Cc2c([nH]c3ccccc23)[C@H](C(O)[C@@H](O)[C@H](O)CO)N1. The standard InChI is InChI=1S/C16H20N2O6/c19-6-11(20)14(21)15(22)13-12-8(5-10(18-13)16(23)24)7-3-1-2-4-9(7)17-12/h1-4,10-11,13-15,17-22H,5-6H2,(H,23,24)/t10-,11+,13+,14-,15?/m0/s1. The summed E-state index contributed by atoms with van der Waals surface area (Å²) >= 11 is 0. The molecular weight excluding hydrogens is 316 g/mol. The van der Waals surface area contributed by atoms with Crippen LogP contribution in [-0.4, -0.2) is 67.4 Å². The third-order valence-corrected chi connectivity index (χ3v) is 4.52. The second-order valence-electron chi connectivity index (χ2n) is 6.03. The van der Waals surface area contributed by atoms with Crippen LogP contribution in [0.4, 0.5) is 0 Å².